The van der Waals surface area contributed by atoms with Gasteiger partial charge in [-0.3, -0.25) is 15.2 Å². The van der Waals surface area contributed by atoms with Crippen molar-refractivity contribution in [3.8, 4) is 0 Å². The van der Waals surface area contributed by atoms with E-state index in [0.717, 1.165) is 6.07 Å². The van der Waals surface area contributed by atoms with Crippen molar-refractivity contribution in [1.82, 2.24) is 5.43 Å². The molecule has 5 nitrogen and oxygen atoms in total. The zero-order valence-corrected chi connectivity index (χ0v) is 9.38. The molecule has 0 aromatic heterocycles. The number of hydrogen-bond donors (Lipinski definition) is 3. The largest absolute Gasteiger partial charge is 0.398 e. The summed E-state index contributed by atoms with van der Waals surface area (Å²) in [6, 6.07) is 1.46. The minimum absolute atomic E-state index is 0.0641. The highest BCUT2D eigenvalue weighted by Crippen LogP contribution is 2.32. The number of hydrazine groups is 1. The van der Waals surface area contributed by atoms with Gasteiger partial charge in [-0.25, -0.2) is 10.2 Å². The van der Waals surface area contributed by atoms with Crippen molar-refractivity contribution in [3.63, 3.8) is 0 Å². The van der Waals surface area contributed by atoms with E-state index >= 15 is 0 Å². The molecule has 0 aliphatic rings. The van der Waals surface area contributed by atoms with Gasteiger partial charge in [-0.1, -0.05) is 0 Å². The van der Waals surface area contributed by atoms with Gasteiger partial charge in [-0.2, -0.15) is 8.78 Å². The molecule has 8 heteroatoms. The Bertz CT molecular complexity index is 502. The molecule has 0 unspecified atom stereocenters. The number of alkyl halides is 2. The summed E-state index contributed by atoms with van der Waals surface area (Å²) in [7, 11) is 1.40. The van der Waals surface area contributed by atoms with Crippen LogP contribution in [0.15, 0.2) is 17.1 Å². The summed E-state index contributed by atoms with van der Waals surface area (Å²) < 4.78 is 40.5. The van der Waals surface area contributed by atoms with Crippen LogP contribution in [0.5, 0.6) is 0 Å². The lowest BCUT2D eigenvalue weighted by Gasteiger charge is -2.16. The van der Waals surface area contributed by atoms with E-state index in [1.165, 1.54) is 18.7 Å². The molecular weight excluding hydrogens is 249 g/mol. The number of halogens is 3. The Morgan fingerprint density at radius 2 is 2.11 bits per heavy atom. The number of rotatable bonds is 3. The minimum atomic E-state index is -4.09. The summed E-state index contributed by atoms with van der Waals surface area (Å²) in [4.78, 5) is 14.5. The Balaban J connectivity index is 3.41. The summed E-state index contributed by atoms with van der Waals surface area (Å²) in [6.07, 6.45) is 1.18. The first-order valence-electron chi connectivity index (χ1n) is 4.75. The Labute approximate surface area is 101 Å². The van der Waals surface area contributed by atoms with Crippen LogP contribution >= 0.6 is 0 Å². The molecule has 0 aliphatic carbocycles. The summed E-state index contributed by atoms with van der Waals surface area (Å²) in [5.41, 5.74) is 5.60. The fourth-order valence-corrected chi connectivity index (χ4v) is 1.31. The normalized spacial score (nSPS) is 11.8. The van der Waals surface area contributed by atoms with Gasteiger partial charge in [-0.15, -0.1) is 0 Å². The van der Waals surface area contributed by atoms with Crippen molar-refractivity contribution in [2.24, 2.45) is 10.8 Å². The average molecular weight is 260 g/mol. The van der Waals surface area contributed by atoms with Gasteiger partial charge in [0.05, 0.1) is 5.56 Å². The number of benzene rings is 1. The molecule has 1 amide bonds. The number of aliphatic imine (C=N–C) groups is 1. The van der Waals surface area contributed by atoms with Gasteiger partial charge >= 0.3 is 11.8 Å². The monoisotopic (exact) mass is 260 g/mol. The van der Waals surface area contributed by atoms with Crippen LogP contribution in [0, 0.1) is 5.82 Å². The predicted molar refractivity (Wildman–Crippen MR) is 60.6 cm³/mol. The van der Waals surface area contributed by atoms with E-state index in [0.29, 0.717) is 6.07 Å². The SMILES string of the molecule is CN=Cc1cc(C(F)(F)C(=O)NN)c(F)cc1N. The van der Waals surface area contributed by atoms with Crippen LogP contribution in [-0.2, 0) is 10.7 Å². The fraction of sp³-hybridized carbons (Fsp3) is 0.200. The number of carbonyl (C=O) groups excluding carboxylic acids is 1. The van der Waals surface area contributed by atoms with Crippen LogP contribution in [0.2, 0.25) is 0 Å². The molecule has 0 radical (unpaired) electrons. The van der Waals surface area contributed by atoms with Crippen LogP contribution in [-0.4, -0.2) is 19.2 Å². The molecular formula is C10H11F3N4O. The average Bonchev–Trinajstić information content (AvgIpc) is 2.31. The zero-order valence-electron chi connectivity index (χ0n) is 9.38. The van der Waals surface area contributed by atoms with Gasteiger partial charge in [0.1, 0.15) is 5.82 Å². The van der Waals surface area contributed by atoms with Crippen molar-refractivity contribution in [1.29, 1.82) is 0 Å². The highest BCUT2D eigenvalue weighted by Gasteiger charge is 2.43. The lowest BCUT2D eigenvalue weighted by atomic mass is 10.0. The highest BCUT2D eigenvalue weighted by molar-refractivity contribution is 5.89. The maximum Gasteiger partial charge on any atom is 0.353 e. The number of amides is 1. The summed E-state index contributed by atoms with van der Waals surface area (Å²) in [6.45, 7) is 0. The van der Waals surface area contributed by atoms with Crippen molar-refractivity contribution < 1.29 is 18.0 Å². The number of nitrogens with two attached hydrogens (primary N) is 2. The summed E-state index contributed by atoms with van der Waals surface area (Å²) in [5, 5.41) is 0. The third-order valence-corrected chi connectivity index (χ3v) is 2.20. The van der Waals surface area contributed by atoms with Crippen LogP contribution in [0.4, 0.5) is 18.9 Å². The van der Waals surface area contributed by atoms with Gasteiger partial charge < -0.3 is 5.73 Å². The van der Waals surface area contributed by atoms with E-state index in [1.807, 2.05) is 0 Å². The van der Waals surface area contributed by atoms with E-state index in [4.69, 9.17) is 5.73 Å². The number of carbonyl (C=O) groups is 1. The van der Waals surface area contributed by atoms with Crippen molar-refractivity contribution in [2.45, 2.75) is 5.92 Å². The highest BCUT2D eigenvalue weighted by atomic mass is 19.3. The second-order valence-corrected chi connectivity index (χ2v) is 3.40. The van der Waals surface area contributed by atoms with E-state index in [9.17, 15) is 18.0 Å². The molecule has 0 spiro atoms. The van der Waals surface area contributed by atoms with E-state index in [-0.39, 0.29) is 11.3 Å². The second-order valence-electron chi connectivity index (χ2n) is 3.40. The molecule has 1 rings (SSSR count). The van der Waals surface area contributed by atoms with Crippen LogP contribution in [0.1, 0.15) is 11.1 Å². The van der Waals surface area contributed by atoms with Crippen LogP contribution in [0.3, 0.4) is 0 Å². The predicted octanol–water partition coefficient (Wildman–Crippen LogP) is 0.538. The van der Waals surface area contributed by atoms with E-state index in [1.54, 1.807) is 0 Å². The number of nitrogens with zero attached hydrogens (tertiary/aromatic N) is 1. The first kappa shape index (κ1) is 14.0. The lowest BCUT2D eigenvalue weighted by Crippen LogP contribution is -2.42. The van der Waals surface area contributed by atoms with E-state index in [2.05, 4.69) is 10.8 Å². The zero-order chi connectivity index (χ0) is 13.9. The molecule has 0 heterocycles. The molecule has 0 fully saturated rings. The third-order valence-electron chi connectivity index (χ3n) is 2.20. The smallest absolute Gasteiger partial charge is 0.353 e. The topological polar surface area (TPSA) is 93.5 Å². The molecule has 0 atom stereocenters. The second kappa shape index (κ2) is 5.05. The molecule has 18 heavy (non-hydrogen) atoms. The first-order valence-corrected chi connectivity index (χ1v) is 4.75. The number of nitrogens with one attached hydrogen (secondary N) is 1. The Morgan fingerprint density at radius 1 is 1.50 bits per heavy atom. The van der Waals surface area contributed by atoms with E-state index < -0.39 is 23.2 Å². The van der Waals surface area contributed by atoms with Gasteiger partial charge in [0.25, 0.3) is 0 Å². The Kier molecular flexibility index (Phi) is 3.92. The lowest BCUT2D eigenvalue weighted by molar-refractivity contribution is -0.147. The molecule has 0 saturated carbocycles. The standard InChI is InChI=1S/C10H11F3N4O/c1-16-4-5-2-6(7(11)3-8(5)14)10(12,13)9(18)17-15/h2-4H,14-15H2,1H3,(H,17,18). The minimum Gasteiger partial charge on any atom is -0.398 e. The van der Waals surface area contributed by atoms with Crippen molar-refractivity contribution in [2.75, 3.05) is 12.8 Å². The number of nitrogen functional groups attached to an aromatic ring is 1. The fourth-order valence-electron chi connectivity index (χ4n) is 1.31. The number of anilines is 1. The van der Waals surface area contributed by atoms with Gasteiger partial charge in [0.2, 0.25) is 0 Å². The maximum atomic E-state index is 13.5. The van der Waals surface area contributed by atoms with Crippen molar-refractivity contribution >= 4 is 17.8 Å². The molecule has 98 valence electrons. The molecule has 0 bridgehead atoms. The first-order chi connectivity index (χ1) is 8.34. The van der Waals surface area contributed by atoms with Crippen molar-refractivity contribution in [3.05, 3.63) is 29.1 Å². The quantitative estimate of drug-likeness (QED) is 0.243. The summed E-state index contributed by atoms with van der Waals surface area (Å²) >= 11 is 0. The molecule has 0 aliphatic heterocycles. The molecule has 1 aromatic carbocycles. The molecule has 1 aromatic rings. The Morgan fingerprint density at radius 3 is 2.61 bits per heavy atom. The molecule has 5 N–H and O–H groups in total. The third kappa shape index (κ3) is 2.43. The van der Waals surface area contributed by atoms with Crippen LogP contribution in [0.25, 0.3) is 0 Å². The Hall–Kier alpha value is -2.09. The number of hydrogen-bond acceptors (Lipinski definition) is 4. The maximum absolute atomic E-state index is 13.5. The van der Waals surface area contributed by atoms with Gasteiger partial charge in [0, 0.05) is 24.5 Å². The molecule has 0 saturated heterocycles. The van der Waals surface area contributed by atoms with Gasteiger partial charge in [0.15, 0.2) is 0 Å². The summed E-state index contributed by atoms with van der Waals surface area (Å²) in [5.74, 6) is -2.59. The van der Waals surface area contributed by atoms with Gasteiger partial charge in [-0.05, 0) is 12.1 Å². The van der Waals surface area contributed by atoms with Crippen LogP contribution < -0.4 is 17.0 Å².